The first-order valence-electron chi connectivity index (χ1n) is 10.0. The lowest BCUT2D eigenvalue weighted by Crippen LogP contribution is -2.29. The van der Waals surface area contributed by atoms with E-state index in [2.05, 4.69) is 31.0 Å². The highest BCUT2D eigenvalue weighted by Crippen LogP contribution is 2.42. The predicted octanol–water partition coefficient (Wildman–Crippen LogP) is 5.00. The fourth-order valence-electron chi connectivity index (χ4n) is 4.04. The average Bonchev–Trinajstić information content (AvgIpc) is 3.35. The molecule has 2 aromatic carbocycles. The Bertz CT molecular complexity index is 1370. The Kier molecular flexibility index (Phi) is 4.34. The van der Waals surface area contributed by atoms with Crippen LogP contribution in [0.25, 0.3) is 11.0 Å². The topological polar surface area (TPSA) is 76.3 Å². The Balaban J connectivity index is 1.77. The van der Waals surface area contributed by atoms with Crippen LogP contribution >= 0.6 is 11.3 Å². The Labute approximate surface area is 183 Å². The maximum absolute atomic E-state index is 13.6. The molecule has 0 saturated heterocycles. The van der Waals surface area contributed by atoms with Gasteiger partial charge in [-0.15, -0.1) is 10.2 Å². The van der Waals surface area contributed by atoms with Crippen LogP contribution in [0.15, 0.2) is 57.2 Å². The van der Waals surface area contributed by atoms with Crippen molar-refractivity contribution in [3.8, 4) is 0 Å². The summed E-state index contributed by atoms with van der Waals surface area (Å²) in [6.07, 6.45) is 0. The van der Waals surface area contributed by atoms with E-state index in [0.717, 1.165) is 11.1 Å². The van der Waals surface area contributed by atoms with Gasteiger partial charge in [-0.1, -0.05) is 68.0 Å². The molecule has 0 N–H and O–H groups in total. The van der Waals surface area contributed by atoms with Crippen LogP contribution in [0.1, 0.15) is 59.6 Å². The van der Waals surface area contributed by atoms with Crippen molar-refractivity contribution in [2.45, 2.75) is 39.2 Å². The number of anilines is 1. The van der Waals surface area contributed by atoms with E-state index in [0.29, 0.717) is 21.7 Å². The molecule has 6 nitrogen and oxygen atoms in total. The molecule has 3 heterocycles. The van der Waals surface area contributed by atoms with E-state index >= 15 is 0 Å². The second-order valence-electron chi connectivity index (χ2n) is 8.84. The maximum Gasteiger partial charge on any atom is 0.297 e. The smallest absolute Gasteiger partial charge is 0.297 e. The van der Waals surface area contributed by atoms with Crippen molar-refractivity contribution in [1.82, 2.24) is 10.2 Å². The number of nitrogens with zero attached hydrogens (tertiary/aromatic N) is 3. The van der Waals surface area contributed by atoms with Gasteiger partial charge in [-0.2, -0.15) is 0 Å². The second kappa shape index (κ2) is 6.85. The summed E-state index contributed by atoms with van der Waals surface area (Å²) >= 11 is 1.25. The van der Waals surface area contributed by atoms with Crippen molar-refractivity contribution >= 4 is 33.3 Å². The SMILES string of the molecule is Cc1ccc2oc3c(c(=O)c2c1)[C@H](c1ccc(C(C)(C)C)cc1)N(c1nncs1)C3=O. The summed E-state index contributed by atoms with van der Waals surface area (Å²) in [5, 5.41) is 8.91. The molecule has 1 amide bonds. The highest BCUT2D eigenvalue weighted by molar-refractivity contribution is 7.13. The fraction of sp³-hybridized carbons (Fsp3) is 0.250. The van der Waals surface area contributed by atoms with Crippen LogP contribution in [-0.2, 0) is 5.41 Å². The third kappa shape index (κ3) is 3.08. The van der Waals surface area contributed by atoms with Gasteiger partial charge in [0, 0.05) is 0 Å². The third-order valence-electron chi connectivity index (χ3n) is 5.67. The monoisotopic (exact) mass is 431 g/mol. The molecule has 0 saturated carbocycles. The normalized spacial score (nSPS) is 16.2. The number of hydrogen-bond donors (Lipinski definition) is 0. The summed E-state index contributed by atoms with van der Waals surface area (Å²) in [5.74, 6) is -0.308. The zero-order chi connectivity index (χ0) is 21.9. The van der Waals surface area contributed by atoms with Crippen molar-refractivity contribution in [2.24, 2.45) is 0 Å². The van der Waals surface area contributed by atoms with Crippen LogP contribution in [0.4, 0.5) is 5.13 Å². The zero-order valence-corrected chi connectivity index (χ0v) is 18.5. The molecule has 1 atom stereocenters. The van der Waals surface area contributed by atoms with Crippen molar-refractivity contribution < 1.29 is 9.21 Å². The van der Waals surface area contributed by atoms with Gasteiger partial charge in [-0.3, -0.25) is 14.5 Å². The molecule has 0 aliphatic carbocycles. The van der Waals surface area contributed by atoms with Gasteiger partial charge in [-0.05, 0) is 35.6 Å². The largest absolute Gasteiger partial charge is 0.450 e. The second-order valence-corrected chi connectivity index (χ2v) is 9.66. The molecule has 0 unspecified atom stereocenters. The molecule has 0 spiro atoms. The molecular formula is C24H21N3O3S. The molecule has 5 rings (SSSR count). The zero-order valence-electron chi connectivity index (χ0n) is 17.7. The first kappa shape index (κ1) is 19.6. The summed E-state index contributed by atoms with van der Waals surface area (Å²) in [4.78, 5) is 28.5. The molecule has 2 aromatic heterocycles. The van der Waals surface area contributed by atoms with Crippen molar-refractivity contribution in [2.75, 3.05) is 4.90 Å². The van der Waals surface area contributed by atoms with Gasteiger partial charge in [-0.25, -0.2) is 0 Å². The van der Waals surface area contributed by atoms with Crippen molar-refractivity contribution in [1.29, 1.82) is 0 Å². The summed E-state index contributed by atoms with van der Waals surface area (Å²) in [7, 11) is 0. The van der Waals surface area contributed by atoms with Gasteiger partial charge in [0.2, 0.25) is 10.9 Å². The van der Waals surface area contributed by atoms with E-state index in [1.54, 1.807) is 17.6 Å². The summed E-state index contributed by atoms with van der Waals surface area (Å²) in [6.45, 7) is 8.36. The summed E-state index contributed by atoms with van der Waals surface area (Å²) < 4.78 is 5.98. The summed E-state index contributed by atoms with van der Waals surface area (Å²) in [5.41, 5.74) is 5.08. The number of carbonyl (C=O) groups is 1. The molecule has 0 bridgehead atoms. The van der Waals surface area contributed by atoms with Crippen LogP contribution in [0, 0.1) is 6.92 Å². The van der Waals surface area contributed by atoms with Gasteiger partial charge in [0.25, 0.3) is 5.91 Å². The quantitative estimate of drug-likeness (QED) is 0.446. The van der Waals surface area contributed by atoms with E-state index in [4.69, 9.17) is 4.42 Å². The summed E-state index contributed by atoms with van der Waals surface area (Å²) in [6, 6.07) is 12.8. The lowest BCUT2D eigenvalue weighted by molar-refractivity contribution is 0.0970. The number of benzene rings is 2. The maximum atomic E-state index is 13.6. The fourth-order valence-corrected chi connectivity index (χ4v) is 4.62. The van der Waals surface area contributed by atoms with Crippen LogP contribution in [-0.4, -0.2) is 16.1 Å². The van der Waals surface area contributed by atoms with Gasteiger partial charge in [0.1, 0.15) is 11.1 Å². The average molecular weight is 432 g/mol. The number of rotatable bonds is 2. The van der Waals surface area contributed by atoms with Gasteiger partial charge >= 0.3 is 0 Å². The number of fused-ring (bicyclic) bond motifs is 2. The standard InChI is InChI=1S/C24H21N3O3S/c1-13-5-10-17-16(11-13)20(28)18-19(14-6-8-15(9-7-14)24(2,3)4)27(22(29)21(18)30-17)23-26-25-12-31-23/h5-12,19H,1-4H3/t19-/m0/s1. The minimum atomic E-state index is -0.620. The van der Waals surface area contributed by atoms with Gasteiger partial charge < -0.3 is 4.42 Å². The van der Waals surface area contributed by atoms with E-state index < -0.39 is 6.04 Å². The number of aromatic nitrogens is 2. The minimum Gasteiger partial charge on any atom is -0.450 e. The van der Waals surface area contributed by atoms with Gasteiger partial charge in [0.15, 0.2) is 5.43 Å². The molecular weight excluding hydrogens is 410 g/mol. The number of carbonyl (C=O) groups excluding carboxylic acids is 1. The van der Waals surface area contributed by atoms with Crippen molar-refractivity contribution in [3.05, 3.63) is 86.2 Å². The van der Waals surface area contributed by atoms with E-state index in [-0.39, 0.29) is 22.5 Å². The van der Waals surface area contributed by atoms with Crippen LogP contribution in [0.2, 0.25) is 0 Å². The third-order valence-corrected chi connectivity index (χ3v) is 6.36. The molecule has 1 aliphatic rings. The van der Waals surface area contributed by atoms with Crippen molar-refractivity contribution in [3.63, 3.8) is 0 Å². The molecule has 0 radical (unpaired) electrons. The first-order chi connectivity index (χ1) is 14.8. The number of hydrogen-bond acceptors (Lipinski definition) is 6. The molecule has 156 valence electrons. The Hall–Kier alpha value is -3.32. The van der Waals surface area contributed by atoms with Gasteiger partial charge in [0.05, 0.1) is 17.0 Å². The Morgan fingerprint density at radius 3 is 2.45 bits per heavy atom. The van der Waals surface area contributed by atoms with Crippen LogP contribution in [0.3, 0.4) is 0 Å². The molecule has 4 aromatic rings. The van der Waals surface area contributed by atoms with Crippen LogP contribution < -0.4 is 10.3 Å². The van der Waals surface area contributed by atoms with E-state index in [1.807, 2.05) is 37.3 Å². The van der Waals surface area contributed by atoms with Crippen LogP contribution in [0.5, 0.6) is 0 Å². The predicted molar refractivity (Wildman–Crippen MR) is 121 cm³/mol. The molecule has 31 heavy (non-hydrogen) atoms. The highest BCUT2D eigenvalue weighted by Gasteiger charge is 2.45. The Morgan fingerprint density at radius 1 is 1.06 bits per heavy atom. The highest BCUT2D eigenvalue weighted by atomic mass is 32.1. The minimum absolute atomic E-state index is 0.00634. The lowest BCUT2D eigenvalue weighted by Gasteiger charge is -2.24. The Morgan fingerprint density at radius 2 is 1.81 bits per heavy atom. The van der Waals surface area contributed by atoms with E-state index in [9.17, 15) is 9.59 Å². The number of amides is 1. The molecule has 7 heteroatoms. The molecule has 0 fully saturated rings. The number of aryl methyl sites for hydroxylation is 1. The first-order valence-corrected chi connectivity index (χ1v) is 10.9. The molecule has 1 aliphatic heterocycles. The lowest BCUT2D eigenvalue weighted by atomic mass is 9.86. The van der Waals surface area contributed by atoms with E-state index in [1.165, 1.54) is 21.8 Å².